The van der Waals surface area contributed by atoms with Gasteiger partial charge in [0.25, 0.3) is 0 Å². The lowest BCUT2D eigenvalue weighted by Gasteiger charge is -2.30. The Morgan fingerprint density at radius 2 is 1.83 bits per heavy atom. The summed E-state index contributed by atoms with van der Waals surface area (Å²) >= 11 is 6.23. The van der Waals surface area contributed by atoms with Gasteiger partial charge in [-0.3, -0.25) is 9.59 Å². The molecule has 2 aromatic carbocycles. The minimum atomic E-state index is -0.553. The maximum absolute atomic E-state index is 13.1. The predicted octanol–water partition coefficient (Wildman–Crippen LogP) is 4.91. The molecule has 0 fully saturated rings. The first-order valence-electron chi connectivity index (χ1n) is 10.2. The molecule has 5 heteroatoms. The van der Waals surface area contributed by atoms with Gasteiger partial charge in [-0.1, -0.05) is 66.6 Å². The molecule has 2 aromatic rings. The van der Waals surface area contributed by atoms with Crippen molar-refractivity contribution in [3.05, 3.63) is 70.2 Å². The van der Waals surface area contributed by atoms with Crippen LogP contribution in [0.2, 0.25) is 5.02 Å². The Labute approximate surface area is 179 Å². The van der Waals surface area contributed by atoms with E-state index in [0.29, 0.717) is 24.4 Å². The molecule has 0 aromatic heterocycles. The molecule has 29 heavy (non-hydrogen) atoms. The zero-order valence-corrected chi connectivity index (χ0v) is 18.5. The number of carbonyl (C=O) groups excluding carboxylic acids is 2. The molecule has 156 valence electrons. The lowest BCUT2D eigenvalue weighted by Crippen LogP contribution is -2.49. The molecule has 0 saturated carbocycles. The Morgan fingerprint density at radius 3 is 2.48 bits per heavy atom. The molecule has 0 heterocycles. The van der Waals surface area contributed by atoms with Crippen LogP contribution in [0.25, 0.3) is 0 Å². The molecule has 0 spiro atoms. The molecular formula is C24H31ClN2O2. The highest BCUT2D eigenvalue weighted by Crippen LogP contribution is 2.19. The third kappa shape index (κ3) is 6.90. The monoisotopic (exact) mass is 414 g/mol. The number of halogens is 1. The summed E-state index contributed by atoms with van der Waals surface area (Å²) in [6.07, 6.45) is 1.69. The van der Waals surface area contributed by atoms with Crippen LogP contribution in [0.4, 0.5) is 0 Å². The normalized spacial score (nSPS) is 12.9. The largest absolute Gasteiger partial charge is 0.352 e. The summed E-state index contributed by atoms with van der Waals surface area (Å²) in [6.45, 7) is 8.20. The van der Waals surface area contributed by atoms with Crippen molar-refractivity contribution in [1.29, 1.82) is 0 Å². The molecule has 0 saturated heterocycles. The second-order valence-corrected chi connectivity index (χ2v) is 8.00. The number of nitrogens with one attached hydrogen (secondary N) is 1. The van der Waals surface area contributed by atoms with Gasteiger partial charge >= 0.3 is 0 Å². The van der Waals surface area contributed by atoms with E-state index in [4.69, 9.17) is 11.6 Å². The molecule has 0 aliphatic heterocycles. The highest BCUT2D eigenvalue weighted by Gasteiger charge is 2.26. The summed E-state index contributed by atoms with van der Waals surface area (Å²) in [6, 6.07) is 15.1. The quantitative estimate of drug-likeness (QED) is 0.633. The fourth-order valence-electron chi connectivity index (χ4n) is 3.14. The van der Waals surface area contributed by atoms with Crippen molar-refractivity contribution in [2.75, 3.05) is 0 Å². The zero-order valence-electron chi connectivity index (χ0n) is 17.7. The van der Waals surface area contributed by atoms with Crippen LogP contribution in [-0.2, 0) is 22.6 Å². The van der Waals surface area contributed by atoms with E-state index in [1.807, 2.05) is 69.3 Å². The number of amides is 2. The van der Waals surface area contributed by atoms with Crippen LogP contribution in [0.15, 0.2) is 48.5 Å². The molecule has 0 unspecified atom stereocenters. The third-order valence-corrected chi connectivity index (χ3v) is 5.54. The summed E-state index contributed by atoms with van der Waals surface area (Å²) in [5.74, 6) is -0.184. The first-order valence-corrected chi connectivity index (χ1v) is 10.6. The molecule has 2 amide bonds. The average molecular weight is 415 g/mol. The molecule has 0 aliphatic rings. The number of nitrogens with zero attached hydrogens (tertiary/aromatic N) is 1. The van der Waals surface area contributed by atoms with Gasteiger partial charge in [-0.25, -0.2) is 0 Å². The van der Waals surface area contributed by atoms with Crippen molar-refractivity contribution in [3.63, 3.8) is 0 Å². The second kappa shape index (κ2) is 11.0. The maximum atomic E-state index is 13.1. The minimum Gasteiger partial charge on any atom is -0.352 e. The van der Waals surface area contributed by atoms with Gasteiger partial charge in [-0.05, 0) is 50.8 Å². The Balaban J connectivity index is 2.17. The number of aryl methyl sites for hydroxylation is 2. The van der Waals surface area contributed by atoms with Crippen molar-refractivity contribution in [3.8, 4) is 0 Å². The van der Waals surface area contributed by atoms with Crippen molar-refractivity contribution >= 4 is 23.4 Å². The molecule has 2 rings (SSSR count). The summed E-state index contributed by atoms with van der Waals surface area (Å²) < 4.78 is 0. The van der Waals surface area contributed by atoms with Crippen LogP contribution < -0.4 is 5.32 Å². The maximum Gasteiger partial charge on any atom is 0.242 e. The number of rotatable bonds is 9. The van der Waals surface area contributed by atoms with Gasteiger partial charge in [0.15, 0.2) is 0 Å². The van der Waals surface area contributed by atoms with Crippen LogP contribution in [0.3, 0.4) is 0 Å². The fourth-order valence-corrected chi connectivity index (χ4v) is 3.37. The van der Waals surface area contributed by atoms with E-state index in [0.717, 1.165) is 23.1 Å². The molecule has 0 radical (unpaired) electrons. The number of carbonyl (C=O) groups is 2. The van der Waals surface area contributed by atoms with Gasteiger partial charge in [0.1, 0.15) is 6.04 Å². The van der Waals surface area contributed by atoms with Gasteiger partial charge in [0, 0.05) is 24.0 Å². The van der Waals surface area contributed by atoms with Crippen LogP contribution in [-0.4, -0.2) is 28.8 Å². The summed E-state index contributed by atoms with van der Waals surface area (Å²) in [7, 11) is 0. The van der Waals surface area contributed by atoms with Gasteiger partial charge in [0.05, 0.1) is 0 Å². The minimum absolute atomic E-state index is 0.0572. The van der Waals surface area contributed by atoms with Crippen molar-refractivity contribution in [2.24, 2.45) is 0 Å². The molecule has 0 bridgehead atoms. The highest BCUT2D eigenvalue weighted by atomic mass is 35.5. The van der Waals surface area contributed by atoms with Gasteiger partial charge in [-0.2, -0.15) is 0 Å². The number of benzene rings is 2. The van der Waals surface area contributed by atoms with Crippen molar-refractivity contribution in [2.45, 2.75) is 65.6 Å². The highest BCUT2D eigenvalue weighted by molar-refractivity contribution is 6.31. The second-order valence-electron chi connectivity index (χ2n) is 7.60. The summed E-state index contributed by atoms with van der Waals surface area (Å²) in [5, 5.41) is 3.65. The zero-order chi connectivity index (χ0) is 21.4. The van der Waals surface area contributed by atoms with Gasteiger partial charge in [-0.15, -0.1) is 0 Å². The van der Waals surface area contributed by atoms with E-state index in [9.17, 15) is 9.59 Å². The van der Waals surface area contributed by atoms with Crippen LogP contribution >= 0.6 is 11.6 Å². The van der Waals surface area contributed by atoms with Crippen LogP contribution in [0.5, 0.6) is 0 Å². The smallest absolute Gasteiger partial charge is 0.242 e. The Bertz CT molecular complexity index is 837. The van der Waals surface area contributed by atoms with E-state index in [1.54, 1.807) is 11.8 Å². The Morgan fingerprint density at radius 1 is 1.10 bits per heavy atom. The standard InChI is InChI=1S/C24H31ClN2O2/c1-5-18(3)26-24(29)19(4)27(16-20-10-8-9-17(2)15-20)23(28)14-13-21-11-6-7-12-22(21)25/h6-12,15,18-19H,5,13-14,16H2,1-4H3,(H,26,29)/t18-,19+/m1/s1. The van der Waals surface area contributed by atoms with E-state index in [2.05, 4.69) is 5.32 Å². The molecular weight excluding hydrogens is 384 g/mol. The topological polar surface area (TPSA) is 49.4 Å². The van der Waals surface area contributed by atoms with Crippen LogP contribution in [0.1, 0.15) is 50.3 Å². The fraction of sp³-hybridized carbons (Fsp3) is 0.417. The van der Waals surface area contributed by atoms with Crippen molar-refractivity contribution < 1.29 is 9.59 Å². The first-order chi connectivity index (χ1) is 13.8. The van der Waals surface area contributed by atoms with E-state index in [-0.39, 0.29) is 17.9 Å². The van der Waals surface area contributed by atoms with E-state index in [1.165, 1.54) is 0 Å². The lowest BCUT2D eigenvalue weighted by atomic mass is 10.1. The number of hydrogen-bond donors (Lipinski definition) is 1. The van der Waals surface area contributed by atoms with E-state index < -0.39 is 6.04 Å². The Kier molecular flexibility index (Phi) is 8.71. The molecule has 2 atom stereocenters. The van der Waals surface area contributed by atoms with Crippen molar-refractivity contribution in [1.82, 2.24) is 10.2 Å². The lowest BCUT2D eigenvalue weighted by molar-refractivity contribution is -0.140. The van der Waals surface area contributed by atoms with Crippen LogP contribution in [0, 0.1) is 6.92 Å². The van der Waals surface area contributed by atoms with E-state index >= 15 is 0 Å². The Hall–Kier alpha value is -2.33. The summed E-state index contributed by atoms with van der Waals surface area (Å²) in [4.78, 5) is 27.5. The molecule has 4 nitrogen and oxygen atoms in total. The van der Waals surface area contributed by atoms with Gasteiger partial charge in [0.2, 0.25) is 11.8 Å². The number of hydrogen-bond acceptors (Lipinski definition) is 2. The van der Waals surface area contributed by atoms with Gasteiger partial charge < -0.3 is 10.2 Å². The third-order valence-electron chi connectivity index (χ3n) is 5.17. The molecule has 0 aliphatic carbocycles. The first kappa shape index (κ1) is 23.0. The average Bonchev–Trinajstić information content (AvgIpc) is 2.70. The summed E-state index contributed by atoms with van der Waals surface area (Å²) in [5.41, 5.74) is 3.08. The SMILES string of the molecule is CC[C@@H](C)NC(=O)[C@H](C)N(Cc1cccc(C)c1)C(=O)CCc1ccccc1Cl. The predicted molar refractivity (Wildman–Crippen MR) is 119 cm³/mol. The molecule has 1 N–H and O–H groups in total.